The number of hydrazone groups is 1. The van der Waals surface area contributed by atoms with E-state index in [1.807, 2.05) is 0 Å². The van der Waals surface area contributed by atoms with Crippen molar-refractivity contribution in [1.82, 2.24) is 10.7 Å². The molecule has 56 valence electrons. The van der Waals surface area contributed by atoms with Crippen molar-refractivity contribution in [2.45, 2.75) is 19.3 Å². The van der Waals surface area contributed by atoms with E-state index in [1.165, 1.54) is 6.42 Å². The number of nitrogens with zero attached hydrogens (tertiary/aromatic N) is 1. The van der Waals surface area contributed by atoms with Crippen molar-refractivity contribution in [2.75, 3.05) is 7.05 Å². The Hall–Kier alpha value is -1.06. The van der Waals surface area contributed by atoms with Crippen molar-refractivity contribution in [3.8, 4) is 0 Å². The summed E-state index contributed by atoms with van der Waals surface area (Å²) in [4.78, 5) is 10.5. The molecule has 4 nitrogen and oxygen atoms in total. The summed E-state index contributed by atoms with van der Waals surface area (Å²) >= 11 is 0. The summed E-state index contributed by atoms with van der Waals surface area (Å²) in [6.45, 7) is 0. The van der Waals surface area contributed by atoms with Gasteiger partial charge in [-0.2, -0.15) is 5.10 Å². The number of urea groups is 1. The van der Waals surface area contributed by atoms with Gasteiger partial charge in [0.15, 0.2) is 0 Å². The average molecular weight is 141 g/mol. The lowest BCUT2D eigenvalue weighted by Gasteiger charge is -2.13. The van der Waals surface area contributed by atoms with Gasteiger partial charge in [0.25, 0.3) is 0 Å². The van der Waals surface area contributed by atoms with Gasteiger partial charge in [0.1, 0.15) is 0 Å². The van der Waals surface area contributed by atoms with E-state index in [0.717, 1.165) is 18.6 Å². The van der Waals surface area contributed by atoms with Crippen molar-refractivity contribution >= 4 is 11.7 Å². The molecule has 1 fully saturated rings. The average Bonchev–Trinajstić information content (AvgIpc) is 1.84. The highest BCUT2D eigenvalue weighted by atomic mass is 16.2. The molecular weight excluding hydrogens is 130 g/mol. The van der Waals surface area contributed by atoms with Gasteiger partial charge in [0.05, 0.1) is 0 Å². The third-order valence-electron chi connectivity index (χ3n) is 1.47. The van der Waals surface area contributed by atoms with Crippen LogP contribution in [0, 0.1) is 0 Å². The molecule has 0 radical (unpaired) electrons. The molecule has 1 aliphatic rings. The van der Waals surface area contributed by atoms with Crippen molar-refractivity contribution < 1.29 is 4.79 Å². The molecule has 0 spiro atoms. The zero-order valence-electron chi connectivity index (χ0n) is 5.98. The number of nitrogens with one attached hydrogen (secondary N) is 2. The molecular formula is C6H11N3O. The summed E-state index contributed by atoms with van der Waals surface area (Å²) in [6, 6.07) is -0.251. The largest absolute Gasteiger partial charge is 0.340 e. The SMILES string of the molecule is CNC(=O)NN=C1CCC1. The first kappa shape index (κ1) is 7.05. The number of hydrogen-bond acceptors (Lipinski definition) is 2. The maximum Gasteiger partial charge on any atom is 0.334 e. The van der Waals surface area contributed by atoms with Crippen LogP contribution in [0.25, 0.3) is 0 Å². The van der Waals surface area contributed by atoms with E-state index in [0.29, 0.717) is 0 Å². The van der Waals surface area contributed by atoms with Gasteiger partial charge in [-0.15, -0.1) is 0 Å². The van der Waals surface area contributed by atoms with Gasteiger partial charge in [-0.1, -0.05) is 0 Å². The molecule has 0 atom stereocenters. The molecule has 0 aromatic heterocycles. The van der Waals surface area contributed by atoms with Crippen LogP contribution in [0.1, 0.15) is 19.3 Å². The highest BCUT2D eigenvalue weighted by Crippen LogP contribution is 2.13. The summed E-state index contributed by atoms with van der Waals surface area (Å²) in [7, 11) is 1.57. The molecule has 4 heteroatoms. The molecule has 1 saturated carbocycles. The smallest absolute Gasteiger partial charge is 0.334 e. The van der Waals surface area contributed by atoms with Crippen LogP contribution in [0.2, 0.25) is 0 Å². The van der Waals surface area contributed by atoms with Crippen LogP contribution >= 0.6 is 0 Å². The lowest BCUT2D eigenvalue weighted by atomic mass is 9.98. The van der Waals surface area contributed by atoms with E-state index >= 15 is 0 Å². The molecule has 2 amide bonds. The fourth-order valence-electron chi connectivity index (χ4n) is 0.632. The molecule has 0 aliphatic heterocycles. The first-order chi connectivity index (χ1) is 4.83. The van der Waals surface area contributed by atoms with Crippen LogP contribution in [0.3, 0.4) is 0 Å². The molecule has 0 heterocycles. The highest BCUT2D eigenvalue weighted by molar-refractivity contribution is 5.90. The van der Waals surface area contributed by atoms with E-state index in [4.69, 9.17) is 0 Å². The Bertz CT molecular complexity index is 158. The fraction of sp³-hybridized carbons (Fsp3) is 0.667. The first-order valence-corrected chi connectivity index (χ1v) is 3.36. The van der Waals surface area contributed by atoms with Crippen LogP contribution in [-0.2, 0) is 0 Å². The number of amides is 2. The van der Waals surface area contributed by atoms with Crippen molar-refractivity contribution in [1.29, 1.82) is 0 Å². The summed E-state index contributed by atoms with van der Waals surface area (Å²) in [6.07, 6.45) is 3.27. The van der Waals surface area contributed by atoms with Gasteiger partial charge in [0, 0.05) is 12.8 Å². The maximum absolute atomic E-state index is 10.5. The molecule has 0 bridgehead atoms. The van der Waals surface area contributed by atoms with Crippen molar-refractivity contribution in [3.05, 3.63) is 0 Å². The Morgan fingerprint density at radius 2 is 2.30 bits per heavy atom. The Labute approximate surface area is 59.7 Å². The number of carbonyl (C=O) groups is 1. The second-order valence-corrected chi connectivity index (χ2v) is 2.22. The van der Waals surface area contributed by atoms with E-state index in [-0.39, 0.29) is 6.03 Å². The second kappa shape index (κ2) is 3.20. The topological polar surface area (TPSA) is 53.5 Å². The van der Waals surface area contributed by atoms with Gasteiger partial charge >= 0.3 is 6.03 Å². The normalized spacial score (nSPS) is 15.5. The Kier molecular flexibility index (Phi) is 2.25. The molecule has 0 saturated heterocycles. The fourth-order valence-corrected chi connectivity index (χ4v) is 0.632. The minimum atomic E-state index is -0.251. The minimum absolute atomic E-state index is 0.251. The van der Waals surface area contributed by atoms with E-state index in [1.54, 1.807) is 7.05 Å². The van der Waals surface area contributed by atoms with Gasteiger partial charge in [-0.3, -0.25) is 0 Å². The van der Waals surface area contributed by atoms with Crippen LogP contribution in [0.4, 0.5) is 4.79 Å². The van der Waals surface area contributed by atoms with Gasteiger partial charge in [0.2, 0.25) is 0 Å². The molecule has 1 aliphatic carbocycles. The minimum Gasteiger partial charge on any atom is -0.340 e. The first-order valence-electron chi connectivity index (χ1n) is 3.36. The molecule has 10 heavy (non-hydrogen) atoms. The number of carbonyl (C=O) groups excluding carboxylic acids is 1. The third kappa shape index (κ3) is 1.72. The lowest BCUT2D eigenvalue weighted by molar-refractivity contribution is 0.243. The molecule has 2 N–H and O–H groups in total. The molecule has 0 aromatic rings. The number of hydrogen-bond donors (Lipinski definition) is 2. The molecule has 1 rings (SSSR count). The van der Waals surface area contributed by atoms with E-state index in [2.05, 4.69) is 15.8 Å². The zero-order chi connectivity index (χ0) is 7.40. The van der Waals surface area contributed by atoms with Crippen LogP contribution in [0.5, 0.6) is 0 Å². The van der Waals surface area contributed by atoms with Crippen LogP contribution in [0.15, 0.2) is 5.10 Å². The van der Waals surface area contributed by atoms with Crippen LogP contribution < -0.4 is 10.7 Å². The molecule has 0 unspecified atom stereocenters. The number of rotatable bonds is 1. The van der Waals surface area contributed by atoms with Gasteiger partial charge in [-0.05, 0) is 19.3 Å². The predicted molar refractivity (Wildman–Crippen MR) is 38.9 cm³/mol. The van der Waals surface area contributed by atoms with Crippen molar-refractivity contribution in [3.63, 3.8) is 0 Å². The Morgan fingerprint density at radius 1 is 1.60 bits per heavy atom. The quantitative estimate of drug-likeness (QED) is 0.512. The zero-order valence-corrected chi connectivity index (χ0v) is 5.98. The summed E-state index contributed by atoms with van der Waals surface area (Å²) in [5.41, 5.74) is 3.46. The van der Waals surface area contributed by atoms with Gasteiger partial charge < -0.3 is 5.32 Å². The third-order valence-corrected chi connectivity index (χ3v) is 1.47. The van der Waals surface area contributed by atoms with Crippen LogP contribution in [-0.4, -0.2) is 18.8 Å². The summed E-state index contributed by atoms with van der Waals surface area (Å²) in [5.74, 6) is 0. The Balaban J connectivity index is 2.19. The maximum atomic E-state index is 10.5. The second-order valence-electron chi connectivity index (χ2n) is 2.22. The van der Waals surface area contributed by atoms with E-state index in [9.17, 15) is 4.79 Å². The molecule has 0 aromatic carbocycles. The Morgan fingerprint density at radius 3 is 2.70 bits per heavy atom. The lowest BCUT2D eigenvalue weighted by Crippen LogP contribution is -2.30. The standard InChI is InChI=1S/C6H11N3O/c1-7-6(10)9-8-5-3-2-4-5/h2-4H2,1H3,(H2,7,9,10). The van der Waals surface area contributed by atoms with Crippen molar-refractivity contribution in [2.24, 2.45) is 5.10 Å². The highest BCUT2D eigenvalue weighted by Gasteiger charge is 2.09. The monoisotopic (exact) mass is 141 g/mol. The summed E-state index contributed by atoms with van der Waals surface area (Å²) < 4.78 is 0. The predicted octanol–water partition coefficient (Wildman–Crippen LogP) is 0.455. The van der Waals surface area contributed by atoms with Gasteiger partial charge in [-0.25, -0.2) is 10.2 Å². The summed E-state index contributed by atoms with van der Waals surface area (Å²) in [5, 5.41) is 6.27. The van der Waals surface area contributed by atoms with E-state index < -0.39 is 0 Å².